The van der Waals surface area contributed by atoms with Gasteiger partial charge in [0.2, 0.25) is 11.7 Å². The molecule has 30 heavy (non-hydrogen) atoms. The van der Waals surface area contributed by atoms with Gasteiger partial charge in [-0.2, -0.15) is 18.3 Å². The van der Waals surface area contributed by atoms with Crippen molar-refractivity contribution in [3.8, 4) is 11.5 Å². The number of alkyl halides is 3. The number of hydrogen-bond acceptors (Lipinski definition) is 5. The van der Waals surface area contributed by atoms with Crippen LogP contribution in [0.2, 0.25) is 5.02 Å². The third-order valence-electron chi connectivity index (χ3n) is 4.09. The standard InChI is InChI=1S/C17H13ClF3N5O4/c1-25-12(23-24-16(25)29)7-26-3-2-11(17(19,20)21)13(15(26)28)30-10-5-8(14(22)27)4-9(18)6-10/h2-6H,7H2,1H3,(H2,22,27)(H,24,29). The smallest absolute Gasteiger partial charge is 0.420 e. The molecular formula is C17H13ClF3N5O4. The molecule has 2 heterocycles. The van der Waals surface area contributed by atoms with Crippen LogP contribution in [0.15, 0.2) is 40.1 Å². The molecule has 158 valence electrons. The number of ether oxygens (including phenoxy) is 1. The van der Waals surface area contributed by atoms with Gasteiger partial charge in [-0.05, 0) is 24.3 Å². The summed E-state index contributed by atoms with van der Waals surface area (Å²) < 4.78 is 47.6. The number of H-pyrrole nitrogens is 1. The molecule has 0 aliphatic heterocycles. The van der Waals surface area contributed by atoms with E-state index < -0.39 is 34.6 Å². The van der Waals surface area contributed by atoms with E-state index in [2.05, 4.69) is 10.2 Å². The number of carbonyl (C=O) groups is 1. The Morgan fingerprint density at radius 2 is 2.00 bits per heavy atom. The zero-order valence-electron chi connectivity index (χ0n) is 15.2. The van der Waals surface area contributed by atoms with Crippen molar-refractivity contribution in [2.45, 2.75) is 12.7 Å². The molecule has 0 bridgehead atoms. The molecular weight excluding hydrogens is 431 g/mol. The number of nitrogens with two attached hydrogens (primary N) is 1. The summed E-state index contributed by atoms with van der Waals surface area (Å²) in [6.45, 7) is -0.301. The van der Waals surface area contributed by atoms with Gasteiger partial charge < -0.3 is 15.0 Å². The van der Waals surface area contributed by atoms with E-state index in [1.807, 2.05) is 0 Å². The number of carbonyl (C=O) groups excluding carboxylic acids is 1. The molecule has 3 aromatic rings. The maximum atomic E-state index is 13.5. The molecule has 0 aliphatic rings. The minimum Gasteiger partial charge on any atom is -0.451 e. The highest BCUT2D eigenvalue weighted by Crippen LogP contribution is 2.36. The second-order valence-electron chi connectivity index (χ2n) is 6.14. The maximum absolute atomic E-state index is 13.5. The molecule has 0 saturated heterocycles. The highest BCUT2D eigenvalue weighted by Gasteiger charge is 2.36. The van der Waals surface area contributed by atoms with Gasteiger partial charge >= 0.3 is 11.9 Å². The number of benzene rings is 1. The van der Waals surface area contributed by atoms with E-state index in [-0.39, 0.29) is 28.7 Å². The van der Waals surface area contributed by atoms with Crippen molar-refractivity contribution in [3.05, 3.63) is 73.3 Å². The Labute approximate surface area is 170 Å². The molecule has 0 fully saturated rings. The lowest BCUT2D eigenvalue weighted by molar-refractivity contribution is -0.138. The summed E-state index contributed by atoms with van der Waals surface area (Å²) in [4.78, 5) is 35.6. The van der Waals surface area contributed by atoms with Crippen LogP contribution in [0.4, 0.5) is 13.2 Å². The molecule has 0 atom stereocenters. The Morgan fingerprint density at radius 1 is 1.30 bits per heavy atom. The third kappa shape index (κ3) is 4.22. The zero-order chi connectivity index (χ0) is 22.2. The summed E-state index contributed by atoms with van der Waals surface area (Å²) in [6.07, 6.45) is -4.00. The quantitative estimate of drug-likeness (QED) is 0.623. The van der Waals surface area contributed by atoms with Crippen LogP contribution in [0, 0.1) is 0 Å². The first-order valence-corrected chi connectivity index (χ1v) is 8.54. The first-order chi connectivity index (χ1) is 14.0. The number of rotatable bonds is 5. The van der Waals surface area contributed by atoms with Crippen LogP contribution in [0.3, 0.4) is 0 Å². The summed E-state index contributed by atoms with van der Waals surface area (Å²) >= 11 is 5.85. The molecule has 0 unspecified atom stereocenters. The van der Waals surface area contributed by atoms with Crippen molar-refractivity contribution in [3.63, 3.8) is 0 Å². The summed E-state index contributed by atoms with van der Waals surface area (Å²) in [5.74, 6) is -2.11. The topological polar surface area (TPSA) is 125 Å². The second-order valence-corrected chi connectivity index (χ2v) is 6.57. The molecule has 1 aromatic carbocycles. The predicted molar refractivity (Wildman–Crippen MR) is 98.7 cm³/mol. The summed E-state index contributed by atoms with van der Waals surface area (Å²) in [5.41, 5.74) is 2.02. The summed E-state index contributed by atoms with van der Waals surface area (Å²) in [5, 5.41) is 5.85. The van der Waals surface area contributed by atoms with Gasteiger partial charge in [0.05, 0.1) is 6.54 Å². The van der Waals surface area contributed by atoms with Crippen LogP contribution in [0.1, 0.15) is 21.7 Å². The lowest BCUT2D eigenvalue weighted by Crippen LogP contribution is -2.26. The van der Waals surface area contributed by atoms with E-state index in [0.717, 1.165) is 27.5 Å². The summed E-state index contributed by atoms with van der Waals surface area (Å²) in [7, 11) is 1.38. The SMILES string of the molecule is Cn1c(Cn2ccc(C(F)(F)F)c(Oc3cc(Cl)cc(C(N)=O)c3)c2=O)n[nH]c1=O. The molecule has 2 aromatic heterocycles. The van der Waals surface area contributed by atoms with Gasteiger partial charge in [0.15, 0.2) is 5.82 Å². The molecule has 0 spiro atoms. The average molecular weight is 444 g/mol. The minimum absolute atomic E-state index is 0.0300. The lowest BCUT2D eigenvalue weighted by atomic mass is 10.2. The molecule has 0 aliphatic carbocycles. The van der Waals surface area contributed by atoms with Crippen LogP contribution in [-0.2, 0) is 19.8 Å². The Bertz CT molecular complexity index is 1250. The van der Waals surface area contributed by atoms with Crippen LogP contribution in [0.25, 0.3) is 0 Å². The van der Waals surface area contributed by atoms with Crippen LogP contribution in [-0.4, -0.2) is 25.2 Å². The van der Waals surface area contributed by atoms with E-state index in [4.69, 9.17) is 22.1 Å². The number of hydrogen-bond donors (Lipinski definition) is 2. The van der Waals surface area contributed by atoms with Gasteiger partial charge in [-0.25, -0.2) is 9.89 Å². The number of halogens is 4. The van der Waals surface area contributed by atoms with Crippen molar-refractivity contribution >= 4 is 17.5 Å². The Balaban J connectivity index is 2.11. The van der Waals surface area contributed by atoms with Gasteiger partial charge in [-0.15, -0.1) is 0 Å². The monoisotopic (exact) mass is 443 g/mol. The van der Waals surface area contributed by atoms with Crippen molar-refractivity contribution in [1.29, 1.82) is 0 Å². The Hall–Kier alpha value is -3.54. The molecule has 13 heteroatoms. The van der Waals surface area contributed by atoms with Gasteiger partial charge in [-0.1, -0.05) is 11.6 Å². The largest absolute Gasteiger partial charge is 0.451 e. The maximum Gasteiger partial charge on any atom is 0.420 e. The molecule has 3 N–H and O–H groups in total. The predicted octanol–water partition coefficient (Wildman–Crippen LogP) is 1.88. The molecule has 0 saturated carbocycles. The first kappa shape index (κ1) is 21.2. The first-order valence-electron chi connectivity index (χ1n) is 8.16. The van der Waals surface area contributed by atoms with Gasteiger partial charge in [-0.3, -0.25) is 14.2 Å². The van der Waals surface area contributed by atoms with E-state index in [1.54, 1.807) is 0 Å². The van der Waals surface area contributed by atoms with Crippen molar-refractivity contribution < 1.29 is 22.7 Å². The van der Waals surface area contributed by atoms with E-state index >= 15 is 0 Å². The summed E-state index contributed by atoms with van der Waals surface area (Å²) in [6, 6.07) is 4.04. The van der Waals surface area contributed by atoms with Crippen LogP contribution in [0.5, 0.6) is 11.5 Å². The Morgan fingerprint density at radius 3 is 2.57 bits per heavy atom. The normalized spacial score (nSPS) is 11.5. The van der Waals surface area contributed by atoms with Crippen molar-refractivity contribution in [1.82, 2.24) is 19.3 Å². The highest BCUT2D eigenvalue weighted by molar-refractivity contribution is 6.31. The van der Waals surface area contributed by atoms with E-state index in [9.17, 15) is 27.6 Å². The van der Waals surface area contributed by atoms with Gasteiger partial charge in [0.1, 0.15) is 11.3 Å². The van der Waals surface area contributed by atoms with E-state index in [0.29, 0.717) is 6.07 Å². The molecule has 0 radical (unpaired) electrons. The number of aromatic nitrogens is 4. The van der Waals surface area contributed by atoms with Gasteiger partial charge in [0.25, 0.3) is 5.56 Å². The fourth-order valence-electron chi connectivity index (χ4n) is 2.55. The van der Waals surface area contributed by atoms with Crippen molar-refractivity contribution in [2.24, 2.45) is 12.8 Å². The fourth-order valence-corrected chi connectivity index (χ4v) is 2.78. The molecule has 3 rings (SSSR count). The highest BCUT2D eigenvalue weighted by atomic mass is 35.5. The number of aromatic amines is 1. The Kier molecular flexibility index (Phi) is 5.44. The minimum atomic E-state index is -4.90. The van der Waals surface area contributed by atoms with E-state index in [1.165, 1.54) is 13.1 Å². The lowest BCUT2D eigenvalue weighted by Gasteiger charge is -2.16. The average Bonchev–Trinajstić information content (AvgIpc) is 2.95. The number of nitrogens with zero attached hydrogens (tertiary/aromatic N) is 3. The number of primary amides is 1. The molecule has 1 amide bonds. The van der Waals surface area contributed by atoms with Gasteiger partial charge in [0, 0.05) is 23.8 Å². The van der Waals surface area contributed by atoms with Crippen molar-refractivity contribution in [2.75, 3.05) is 0 Å². The third-order valence-corrected chi connectivity index (χ3v) is 4.30. The number of nitrogens with one attached hydrogen (secondary N) is 1. The van der Waals surface area contributed by atoms with Crippen LogP contribution < -0.4 is 21.7 Å². The number of pyridine rings is 1. The molecule has 9 nitrogen and oxygen atoms in total. The number of amides is 1. The van der Waals surface area contributed by atoms with Crippen LogP contribution >= 0.6 is 11.6 Å². The second kappa shape index (κ2) is 7.71. The zero-order valence-corrected chi connectivity index (χ0v) is 15.9. The fraction of sp³-hybridized carbons (Fsp3) is 0.176.